The van der Waals surface area contributed by atoms with Crippen molar-refractivity contribution in [1.29, 1.82) is 0 Å². The summed E-state index contributed by atoms with van der Waals surface area (Å²) in [6.07, 6.45) is 3.36. The van der Waals surface area contributed by atoms with E-state index in [4.69, 9.17) is 0 Å². The zero-order chi connectivity index (χ0) is 17.8. The first-order valence-electron chi connectivity index (χ1n) is 8.97. The molecule has 1 heterocycles. The maximum absolute atomic E-state index is 11.5. The van der Waals surface area contributed by atoms with Gasteiger partial charge in [0.25, 0.3) is 0 Å². The van der Waals surface area contributed by atoms with E-state index in [0.717, 1.165) is 12.7 Å². The molecule has 2 aromatic rings. The molecule has 0 saturated carbocycles. The second kappa shape index (κ2) is 8.15. The van der Waals surface area contributed by atoms with Gasteiger partial charge in [0.2, 0.25) is 0 Å². The van der Waals surface area contributed by atoms with Crippen molar-refractivity contribution in [2.24, 2.45) is 5.92 Å². The highest BCUT2D eigenvalue weighted by atomic mass is 32.2. The molecule has 1 atom stereocenters. The molecule has 1 fully saturated rings. The summed E-state index contributed by atoms with van der Waals surface area (Å²) in [5.74, 6) is 2.49. The van der Waals surface area contributed by atoms with E-state index in [-0.39, 0.29) is 9.62 Å². The average Bonchev–Trinajstić information content (AvgIpc) is 2.69. The maximum Gasteiger partial charge on any atom is 0.142 e. The van der Waals surface area contributed by atoms with E-state index in [1.165, 1.54) is 28.3 Å². The third kappa shape index (κ3) is 3.62. The first kappa shape index (κ1) is 18.8. The number of thioether (sulfide) groups is 2. The van der Waals surface area contributed by atoms with Crippen LogP contribution in [0.2, 0.25) is 6.55 Å². The lowest BCUT2D eigenvalue weighted by Crippen LogP contribution is -2.69. The summed E-state index contributed by atoms with van der Waals surface area (Å²) in [6.45, 7) is 4.59. The zero-order valence-electron chi connectivity index (χ0n) is 15.0. The van der Waals surface area contributed by atoms with Crippen molar-refractivity contribution in [1.82, 2.24) is 0 Å². The molecule has 3 rings (SSSR count). The van der Waals surface area contributed by atoms with Crippen molar-refractivity contribution in [2.75, 3.05) is 11.5 Å². The van der Waals surface area contributed by atoms with Gasteiger partial charge in [-0.15, -0.1) is 23.5 Å². The quantitative estimate of drug-likeness (QED) is 0.547. The molecule has 1 saturated heterocycles. The van der Waals surface area contributed by atoms with Gasteiger partial charge in [-0.1, -0.05) is 84.5 Å². The van der Waals surface area contributed by atoms with Crippen LogP contribution in [0.15, 0.2) is 60.7 Å². The number of rotatable bonds is 6. The Morgan fingerprint density at radius 3 is 1.92 bits per heavy atom. The summed E-state index contributed by atoms with van der Waals surface area (Å²) in [5, 5.41) is 2.95. The monoisotopic (exact) mass is 386 g/mol. The van der Waals surface area contributed by atoms with Crippen molar-refractivity contribution in [3.8, 4) is 0 Å². The van der Waals surface area contributed by atoms with Gasteiger partial charge >= 0.3 is 0 Å². The van der Waals surface area contributed by atoms with Crippen LogP contribution in [0, 0.1) is 5.92 Å². The highest BCUT2D eigenvalue weighted by molar-refractivity contribution is 8.21. The minimum Gasteiger partial charge on any atom is -0.303 e. The van der Waals surface area contributed by atoms with Crippen LogP contribution in [-0.2, 0) is 4.79 Å². The zero-order valence-corrected chi connectivity index (χ0v) is 17.6. The molecule has 0 radical (unpaired) electrons. The molecule has 1 aliphatic rings. The summed E-state index contributed by atoms with van der Waals surface area (Å²) in [4.78, 5) is 11.5. The molecule has 0 bridgehead atoms. The van der Waals surface area contributed by atoms with E-state index in [9.17, 15) is 4.79 Å². The van der Waals surface area contributed by atoms with Crippen LogP contribution in [-0.4, -0.2) is 29.6 Å². The predicted molar refractivity (Wildman–Crippen MR) is 116 cm³/mol. The molecule has 1 unspecified atom stereocenters. The second-order valence-corrected chi connectivity index (χ2v) is 15.0. The van der Waals surface area contributed by atoms with Crippen LogP contribution in [0.4, 0.5) is 0 Å². The fourth-order valence-corrected chi connectivity index (χ4v) is 14.8. The third-order valence-corrected chi connectivity index (χ3v) is 16.2. The normalized spacial score (nSPS) is 18.5. The molecule has 0 spiro atoms. The molecule has 25 heavy (non-hydrogen) atoms. The van der Waals surface area contributed by atoms with E-state index >= 15 is 0 Å². The van der Waals surface area contributed by atoms with E-state index in [1.54, 1.807) is 0 Å². The van der Waals surface area contributed by atoms with Gasteiger partial charge in [-0.05, 0) is 24.3 Å². The van der Waals surface area contributed by atoms with Gasteiger partial charge in [0.15, 0.2) is 0 Å². The lowest BCUT2D eigenvalue weighted by molar-refractivity contribution is -0.110. The molecule has 4 heteroatoms. The van der Waals surface area contributed by atoms with E-state index < -0.39 is 8.07 Å². The predicted octanol–water partition coefficient (Wildman–Crippen LogP) is 4.21. The number of carbonyl (C=O) groups is 1. The Morgan fingerprint density at radius 2 is 1.48 bits per heavy atom. The van der Waals surface area contributed by atoms with Gasteiger partial charge in [0, 0.05) is 5.92 Å². The van der Waals surface area contributed by atoms with Crippen molar-refractivity contribution in [3.05, 3.63) is 60.7 Å². The van der Waals surface area contributed by atoms with Crippen LogP contribution in [0.3, 0.4) is 0 Å². The lowest BCUT2D eigenvalue weighted by atomic mass is 10.1. The largest absolute Gasteiger partial charge is 0.303 e. The molecule has 1 nitrogen and oxygen atoms in total. The molecule has 132 valence electrons. The number of hydrogen-bond donors (Lipinski definition) is 0. The topological polar surface area (TPSA) is 17.1 Å². The number of hydrogen-bond acceptors (Lipinski definition) is 3. The number of benzene rings is 2. The van der Waals surface area contributed by atoms with Gasteiger partial charge in [-0.3, -0.25) is 0 Å². The Hall–Kier alpha value is -0.973. The third-order valence-electron chi connectivity index (χ3n) is 5.25. The van der Waals surface area contributed by atoms with Gasteiger partial charge in [-0.2, -0.15) is 0 Å². The lowest BCUT2D eigenvalue weighted by Gasteiger charge is -2.50. The first-order valence-corrected chi connectivity index (χ1v) is 13.4. The molecule has 0 amide bonds. The standard InChI is InChI=1S/C21H26OS2Si/c1-18(17-22)16-21(23-14-9-15-24-21)25(2,19-10-5-3-6-11-19)20-12-7-4-8-13-20/h3-8,10-13,17-18H,9,14-16H2,1-2H3. The van der Waals surface area contributed by atoms with Crippen LogP contribution in [0.1, 0.15) is 19.8 Å². The number of aldehydes is 1. The molecule has 2 aromatic carbocycles. The Morgan fingerprint density at radius 1 is 1.00 bits per heavy atom. The van der Waals surface area contributed by atoms with Crippen LogP contribution >= 0.6 is 23.5 Å². The first-order chi connectivity index (χ1) is 12.1. The Balaban J connectivity index is 2.19. The van der Waals surface area contributed by atoms with Gasteiger partial charge in [0.1, 0.15) is 14.4 Å². The van der Waals surface area contributed by atoms with Crippen LogP contribution in [0.5, 0.6) is 0 Å². The average molecular weight is 387 g/mol. The van der Waals surface area contributed by atoms with Crippen molar-refractivity contribution in [2.45, 2.75) is 30.0 Å². The van der Waals surface area contributed by atoms with Crippen molar-refractivity contribution >= 4 is 48.3 Å². The highest BCUT2D eigenvalue weighted by Gasteiger charge is 2.54. The Kier molecular flexibility index (Phi) is 6.13. The maximum atomic E-state index is 11.5. The summed E-state index contributed by atoms with van der Waals surface area (Å²) >= 11 is 4.23. The van der Waals surface area contributed by atoms with E-state index in [2.05, 4.69) is 97.7 Å². The molecular formula is C21H26OS2Si. The SMILES string of the molecule is CC(C=O)CC1([Si](C)(c2ccccc2)c2ccccc2)SCCCS1. The molecule has 0 aliphatic carbocycles. The molecule has 0 aromatic heterocycles. The van der Waals surface area contributed by atoms with E-state index in [1.807, 2.05) is 0 Å². The minimum atomic E-state index is -2.06. The summed E-state index contributed by atoms with van der Waals surface area (Å²) in [6, 6.07) is 22.1. The smallest absolute Gasteiger partial charge is 0.142 e. The fourth-order valence-electron chi connectivity index (χ4n) is 3.81. The van der Waals surface area contributed by atoms with Gasteiger partial charge < -0.3 is 4.79 Å². The highest BCUT2D eigenvalue weighted by Crippen LogP contribution is 2.51. The molecule has 0 N–H and O–H groups in total. The van der Waals surface area contributed by atoms with Gasteiger partial charge in [-0.25, -0.2) is 0 Å². The van der Waals surface area contributed by atoms with Crippen LogP contribution < -0.4 is 10.4 Å². The van der Waals surface area contributed by atoms with Crippen molar-refractivity contribution in [3.63, 3.8) is 0 Å². The second-order valence-electron chi connectivity index (χ2n) is 6.98. The minimum absolute atomic E-state index is 0.0948. The summed E-state index contributed by atoms with van der Waals surface area (Å²) in [5.41, 5.74) is 0. The van der Waals surface area contributed by atoms with Crippen LogP contribution in [0.25, 0.3) is 0 Å². The Labute approximate surface area is 161 Å². The number of carbonyl (C=O) groups excluding carboxylic acids is 1. The van der Waals surface area contributed by atoms with Gasteiger partial charge in [0.05, 0.1) is 3.70 Å². The molecule has 1 aliphatic heterocycles. The van der Waals surface area contributed by atoms with Crippen molar-refractivity contribution < 1.29 is 4.79 Å². The summed E-state index contributed by atoms with van der Waals surface area (Å²) < 4.78 is 0.105. The fraction of sp³-hybridized carbons (Fsp3) is 0.381. The molecular weight excluding hydrogens is 360 g/mol. The summed E-state index contributed by atoms with van der Waals surface area (Å²) in [7, 11) is -2.06. The Bertz CT molecular complexity index is 644. The van der Waals surface area contributed by atoms with E-state index in [0.29, 0.717) is 0 Å².